The highest BCUT2D eigenvalue weighted by Gasteiger charge is 2.37. The van der Waals surface area contributed by atoms with Gasteiger partial charge in [0, 0.05) is 17.5 Å². The minimum absolute atomic E-state index is 0.321. The molecule has 0 atom stereocenters. The van der Waals surface area contributed by atoms with Crippen LogP contribution in [0.15, 0.2) is 41.3 Å². The largest absolute Gasteiger partial charge is 0.497 e. The predicted molar refractivity (Wildman–Crippen MR) is 105 cm³/mol. The van der Waals surface area contributed by atoms with E-state index in [4.69, 9.17) is 9.47 Å². The van der Waals surface area contributed by atoms with E-state index < -0.39 is 10.0 Å². The number of ether oxygens (including phenoxy) is 2. The Balaban J connectivity index is 2.09. The van der Waals surface area contributed by atoms with E-state index in [0.717, 1.165) is 29.6 Å². The molecule has 0 saturated heterocycles. The van der Waals surface area contributed by atoms with Crippen molar-refractivity contribution in [2.24, 2.45) is 0 Å². The van der Waals surface area contributed by atoms with E-state index in [-0.39, 0.29) is 0 Å². The average Bonchev–Trinajstić information content (AvgIpc) is 3.10. The van der Waals surface area contributed by atoms with E-state index in [0.29, 0.717) is 27.5 Å². The van der Waals surface area contributed by atoms with Gasteiger partial charge in [0.1, 0.15) is 11.5 Å². The van der Waals surface area contributed by atoms with Gasteiger partial charge in [-0.05, 0) is 62.5 Å². The Labute approximate surface area is 159 Å². The van der Waals surface area contributed by atoms with E-state index in [1.807, 2.05) is 26.2 Å². The number of hydrogen-bond donors (Lipinski definition) is 0. The van der Waals surface area contributed by atoms with Crippen LogP contribution in [-0.2, 0) is 16.4 Å². The van der Waals surface area contributed by atoms with Gasteiger partial charge >= 0.3 is 0 Å². The second-order valence-electron chi connectivity index (χ2n) is 6.90. The van der Waals surface area contributed by atoms with Gasteiger partial charge in [0.2, 0.25) is 0 Å². The third-order valence-corrected chi connectivity index (χ3v) is 6.78. The number of rotatable bonds is 5. The first-order valence-corrected chi connectivity index (χ1v) is 10.1. The van der Waals surface area contributed by atoms with Crippen molar-refractivity contribution in [3.8, 4) is 22.8 Å². The Morgan fingerprint density at radius 3 is 2.33 bits per heavy atom. The molecule has 2 aromatic carbocycles. The second-order valence-corrected chi connectivity index (χ2v) is 8.65. The number of aromatic nitrogens is 1. The van der Waals surface area contributed by atoms with Crippen molar-refractivity contribution in [2.75, 3.05) is 34.9 Å². The predicted octanol–water partition coefficient (Wildman–Crippen LogP) is 2.98. The molecule has 2 heterocycles. The number of nitrogens with zero attached hydrogens (tertiary/aromatic N) is 2. The van der Waals surface area contributed by atoms with E-state index >= 15 is 0 Å². The van der Waals surface area contributed by atoms with Crippen molar-refractivity contribution in [3.05, 3.63) is 42.0 Å². The molecule has 4 rings (SSSR count). The first-order valence-electron chi connectivity index (χ1n) is 8.68. The summed E-state index contributed by atoms with van der Waals surface area (Å²) in [6.45, 7) is 0.808. The molecule has 0 spiro atoms. The van der Waals surface area contributed by atoms with Gasteiger partial charge in [-0.2, -0.15) is 0 Å². The first-order chi connectivity index (χ1) is 12.9. The van der Waals surface area contributed by atoms with Crippen molar-refractivity contribution in [1.29, 1.82) is 0 Å². The molecule has 1 aliphatic rings. The standard InChI is InChI=1S/C20H22N2O4S/c1-21(2)10-9-15-16-11-13(25-3)5-7-18(16)22-20(15)17-12-14(26-4)6-8-19(17)27(22,23)24/h5-8,11-12H,9-10H2,1-4H3. The molecule has 3 aromatic rings. The summed E-state index contributed by atoms with van der Waals surface area (Å²) in [5, 5.41) is 0.906. The zero-order chi connectivity index (χ0) is 19.3. The summed E-state index contributed by atoms with van der Waals surface area (Å²) in [5.74, 6) is 1.35. The van der Waals surface area contributed by atoms with Crippen LogP contribution in [0.4, 0.5) is 0 Å². The summed E-state index contributed by atoms with van der Waals surface area (Å²) in [6.07, 6.45) is 0.727. The third-order valence-electron chi connectivity index (χ3n) is 5.01. The fraction of sp³-hybridized carbons (Fsp3) is 0.300. The molecule has 142 valence electrons. The lowest BCUT2D eigenvalue weighted by molar-refractivity contribution is 0.413. The lowest BCUT2D eigenvalue weighted by Gasteiger charge is -2.11. The monoisotopic (exact) mass is 386 g/mol. The van der Waals surface area contributed by atoms with Crippen molar-refractivity contribution in [3.63, 3.8) is 0 Å². The molecule has 0 amide bonds. The summed E-state index contributed by atoms with van der Waals surface area (Å²) in [7, 11) is 3.56. The fourth-order valence-corrected chi connectivity index (χ4v) is 5.42. The number of fused-ring (bicyclic) bond motifs is 5. The third kappa shape index (κ3) is 2.61. The lowest BCUT2D eigenvalue weighted by atomic mass is 10.0. The van der Waals surface area contributed by atoms with Gasteiger partial charge in [-0.3, -0.25) is 0 Å². The van der Waals surface area contributed by atoms with Crippen LogP contribution in [0.1, 0.15) is 5.56 Å². The molecule has 0 saturated carbocycles. The Morgan fingerprint density at radius 1 is 1.00 bits per heavy atom. The maximum absolute atomic E-state index is 13.3. The molecule has 6 nitrogen and oxygen atoms in total. The second kappa shape index (κ2) is 6.28. The van der Waals surface area contributed by atoms with Crippen LogP contribution in [0.25, 0.3) is 22.2 Å². The van der Waals surface area contributed by atoms with Gasteiger partial charge in [0.15, 0.2) is 0 Å². The highest BCUT2D eigenvalue weighted by molar-refractivity contribution is 7.90. The molecule has 27 heavy (non-hydrogen) atoms. The van der Waals surface area contributed by atoms with Gasteiger partial charge in [0.25, 0.3) is 10.0 Å². The number of methoxy groups -OCH3 is 2. The van der Waals surface area contributed by atoms with Crippen LogP contribution < -0.4 is 9.47 Å². The fourth-order valence-electron chi connectivity index (χ4n) is 3.69. The van der Waals surface area contributed by atoms with Crippen molar-refractivity contribution < 1.29 is 17.9 Å². The molecule has 0 bridgehead atoms. The zero-order valence-electron chi connectivity index (χ0n) is 15.8. The Kier molecular flexibility index (Phi) is 4.16. The van der Waals surface area contributed by atoms with Crippen LogP contribution in [0, 0.1) is 0 Å². The number of hydrogen-bond acceptors (Lipinski definition) is 5. The molecule has 0 radical (unpaired) electrons. The van der Waals surface area contributed by atoms with E-state index in [9.17, 15) is 8.42 Å². The van der Waals surface area contributed by atoms with Crippen LogP contribution in [0.3, 0.4) is 0 Å². The van der Waals surface area contributed by atoms with Gasteiger partial charge in [-0.25, -0.2) is 12.4 Å². The van der Waals surface area contributed by atoms with E-state index in [1.54, 1.807) is 38.5 Å². The van der Waals surface area contributed by atoms with Crippen molar-refractivity contribution in [1.82, 2.24) is 8.87 Å². The highest BCUT2D eigenvalue weighted by atomic mass is 32.2. The van der Waals surface area contributed by atoms with Gasteiger partial charge in [0.05, 0.1) is 30.3 Å². The topological polar surface area (TPSA) is 60.8 Å². The normalized spacial score (nSPS) is 14.4. The quantitative estimate of drug-likeness (QED) is 0.528. The Hall–Kier alpha value is -2.51. The Morgan fingerprint density at radius 2 is 1.67 bits per heavy atom. The highest BCUT2D eigenvalue weighted by Crippen LogP contribution is 2.46. The summed E-state index contributed by atoms with van der Waals surface area (Å²) in [5.41, 5.74) is 3.11. The van der Waals surface area contributed by atoms with Crippen LogP contribution in [-0.4, -0.2) is 52.1 Å². The van der Waals surface area contributed by atoms with E-state index in [2.05, 4.69) is 4.90 Å². The molecule has 1 aliphatic heterocycles. The SMILES string of the molecule is COc1ccc2c(c1)-c1c(CCN(C)C)c3cc(OC)ccc3n1S2(=O)=O. The van der Waals surface area contributed by atoms with Crippen molar-refractivity contribution >= 4 is 20.9 Å². The molecule has 0 fully saturated rings. The minimum Gasteiger partial charge on any atom is -0.497 e. The van der Waals surface area contributed by atoms with Crippen molar-refractivity contribution in [2.45, 2.75) is 11.3 Å². The summed E-state index contributed by atoms with van der Waals surface area (Å²) in [4.78, 5) is 2.41. The maximum Gasteiger partial charge on any atom is 0.269 e. The van der Waals surface area contributed by atoms with Crippen LogP contribution in [0.5, 0.6) is 11.5 Å². The summed E-state index contributed by atoms with van der Waals surface area (Å²) < 4.78 is 38.7. The summed E-state index contributed by atoms with van der Waals surface area (Å²) in [6, 6.07) is 10.7. The molecule has 1 aromatic heterocycles. The molecular formula is C20H22N2O4S. The lowest BCUT2D eigenvalue weighted by Crippen LogP contribution is -2.15. The maximum atomic E-state index is 13.3. The first kappa shape index (κ1) is 17.9. The Bertz CT molecular complexity index is 1150. The van der Waals surface area contributed by atoms with Gasteiger partial charge in [-0.15, -0.1) is 0 Å². The summed E-state index contributed by atoms with van der Waals surface area (Å²) >= 11 is 0. The molecule has 7 heteroatoms. The molecule has 0 aliphatic carbocycles. The van der Waals surface area contributed by atoms with E-state index in [1.165, 1.54) is 3.97 Å². The van der Waals surface area contributed by atoms with Crippen LogP contribution in [0.2, 0.25) is 0 Å². The molecule has 0 N–H and O–H groups in total. The number of benzene rings is 2. The molecule has 0 unspecified atom stereocenters. The van der Waals surface area contributed by atoms with Gasteiger partial charge < -0.3 is 14.4 Å². The van der Waals surface area contributed by atoms with Gasteiger partial charge in [-0.1, -0.05) is 0 Å². The smallest absolute Gasteiger partial charge is 0.269 e. The average molecular weight is 386 g/mol. The minimum atomic E-state index is -3.65. The number of likely N-dealkylation sites (N-methyl/N-ethyl adjacent to an activating group) is 1. The van der Waals surface area contributed by atoms with Crippen LogP contribution >= 0.6 is 0 Å². The molecular weight excluding hydrogens is 364 g/mol. The zero-order valence-corrected chi connectivity index (χ0v) is 16.6.